The molecule has 1 rings (SSSR count). The Morgan fingerprint density at radius 2 is 1.95 bits per heavy atom. The Kier molecular flexibility index (Phi) is 5.56. The molecule has 0 spiro atoms. The molecule has 1 N–H and O–H groups in total. The number of hydrogen-bond acceptors (Lipinski definition) is 3. The van der Waals surface area contributed by atoms with Gasteiger partial charge in [-0.25, -0.2) is 4.39 Å². The topological polar surface area (TPSA) is 38.7 Å². The monoisotopic (exact) mass is 282 g/mol. The van der Waals surface area contributed by atoms with Gasteiger partial charge in [-0.3, -0.25) is 0 Å². The molecule has 0 unspecified atom stereocenters. The summed E-state index contributed by atoms with van der Waals surface area (Å²) in [6.07, 6.45) is -5.19. The fourth-order valence-electron chi connectivity index (χ4n) is 1.29. The molecule has 0 saturated carbocycles. The summed E-state index contributed by atoms with van der Waals surface area (Å²) in [4.78, 5) is 0. The van der Waals surface area contributed by atoms with Crippen molar-refractivity contribution in [3.05, 3.63) is 29.6 Å². The van der Waals surface area contributed by atoms with Crippen LogP contribution in [0.4, 0.5) is 17.6 Å². The number of hydrogen-bond donors (Lipinski definition) is 1. The molecule has 0 bridgehead atoms. The quantitative estimate of drug-likeness (QED) is 0.644. The van der Waals surface area contributed by atoms with Crippen molar-refractivity contribution >= 4 is 0 Å². The number of rotatable bonds is 6. The van der Waals surface area contributed by atoms with Crippen LogP contribution < -0.4 is 4.74 Å². The van der Waals surface area contributed by atoms with E-state index in [9.17, 15) is 22.7 Å². The fraction of sp³-hybridized carbons (Fsp3) is 0.500. The lowest BCUT2D eigenvalue weighted by Crippen LogP contribution is -2.19. The number of ether oxygens (including phenoxy) is 2. The molecule has 0 saturated heterocycles. The molecule has 0 radical (unpaired) electrons. The summed E-state index contributed by atoms with van der Waals surface area (Å²) in [6, 6.07) is 3.89. The first-order valence-electron chi connectivity index (χ1n) is 5.54. The zero-order valence-electron chi connectivity index (χ0n) is 10.2. The molecule has 0 fully saturated rings. The Hall–Kier alpha value is -1.34. The van der Waals surface area contributed by atoms with Gasteiger partial charge in [-0.1, -0.05) is 6.07 Å². The Morgan fingerprint density at radius 1 is 1.26 bits per heavy atom. The van der Waals surface area contributed by atoms with E-state index >= 15 is 0 Å². The van der Waals surface area contributed by atoms with Crippen LogP contribution in [0, 0.1) is 5.82 Å². The van der Waals surface area contributed by atoms with Gasteiger partial charge in [0.25, 0.3) is 0 Å². The molecule has 3 nitrogen and oxygen atoms in total. The van der Waals surface area contributed by atoms with Crippen molar-refractivity contribution < 1.29 is 32.1 Å². The Balaban J connectivity index is 2.38. The first-order chi connectivity index (χ1) is 8.79. The van der Waals surface area contributed by atoms with Gasteiger partial charge in [-0.15, -0.1) is 0 Å². The smallest absolute Gasteiger partial charge is 0.411 e. The molecule has 7 heteroatoms. The van der Waals surface area contributed by atoms with E-state index in [1.54, 1.807) is 0 Å². The molecule has 1 atom stereocenters. The summed E-state index contributed by atoms with van der Waals surface area (Å²) >= 11 is 0. The second-order valence-electron chi connectivity index (χ2n) is 3.88. The minimum Gasteiger partial charge on any atom is -0.488 e. The van der Waals surface area contributed by atoms with E-state index < -0.39 is 24.7 Å². The number of alkyl halides is 3. The first-order valence-corrected chi connectivity index (χ1v) is 5.54. The van der Waals surface area contributed by atoms with E-state index in [-0.39, 0.29) is 19.0 Å². The van der Waals surface area contributed by atoms with Crippen LogP contribution in [0.1, 0.15) is 18.6 Å². The minimum atomic E-state index is -4.38. The molecule has 19 heavy (non-hydrogen) atoms. The molecule has 0 amide bonds. The lowest BCUT2D eigenvalue weighted by molar-refractivity contribution is -0.175. The van der Waals surface area contributed by atoms with E-state index in [0.717, 1.165) is 6.07 Å². The maximum atomic E-state index is 13.5. The van der Waals surface area contributed by atoms with Crippen LogP contribution in [-0.4, -0.2) is 31.1 Å². The Bertz CT molecular complexity index is 404. The van der Waals surface area contributed by atoms with E-state index in [1.807, 2.05) is 0 Å². The van der Waals surface area contributed by atoms with Gasteiger partial charge < -0.3 is 14.6 Å². The lowest BCUT2D eigenvalue weighted by atomic mass is 10.1. The molecule has 0 aromatic heterocycles. The van der Waals surface area contributed by atoms with Crippen LogP contribution in [-0.2, 0) is 4.74 Å². The molecular formula is C12H14F4O3. The van der Waals surface area contributed by atoms with E-state index in [0.29, 0.717) is 5.56 Å². The van der Waals surface area contributed by atoms with Gasteiger partial charge in [0.2, 0.25) is 0 Å². The van der Waals surface area contributed by atoms with Crippen molar-refractivity contribution in [3.63, 3.8) is 0 Å². The highest BCUT2D eigenvalue weighted by molar-refractivity contribution is 5.30. The molecule has 0 aliphatic heterocycles. The van der Waals surface area contributed by atoms with Crippen LogP contribution in [0.5, 0.6) is 5.75 Å². The first kappa shape index (κ1) is 15.7. The van der Waals surface area contributed by atoms with Gasteiger partial charge >= 0.3 is 6.18 Å². The summed E-state index contributed by atoms with van der Waals surface area (Å²) < 4.78 is 57.9. The second-order valence-corrected chi connectivity index (χ2v) is 3.88. The highest BCUT2D eigenvalue weighted by Crippen LogP contribution is 2.22. The normalized spacial score (nSPS) is 13.4. The molecular weight excluding hydrogens is 268 g/mol. The number of benzene rings is 1. The third kappa shape index (κ3) is 5.89. The van der Waals surface area contributed by atoms with Crippen molar-refractivity contribution in [3.8, 4) is 5.75 Å². The van der Waals surface area contributed by atoms with Crippen molar-refractivity contribution in [2.24, 2.45) is 0 Å². The van der Waals surface area contributed by atoms with Gasteiger partial charge in [0, 0.05) is 0 Å². The Morgan fingerprint density at radius 3 is 2.47 bits per heavy atom. The van der Waals surface area contributed by atoms with Crippen molar-refractivity contribution in [2.75, 3.05) is 19.8 Å². The summed E-state index contributed by atoms with van der Waals surface area (Å²) in [5.41, 5.74) is 0.387. The fourth-order valence-corrected chi connectivity index (χ4v) is 1.29. The molecule has 0 aliphatic rings. The standard InChI is InChI=1S/C12H14F4O3/c1-8(17)9-2-3-11(10(13)6-9)19-5-4-18-7-12(14,15)16/h2-3,6,8,17H,4-5,7H2,1H3/t8-/m0/s1. The van der Waals surface area contributed by atoms with E-state index in [2.05, 4.69) is 4.74 Å². The Labute approximate surface area is 107 Å². The average molecular weight is 282 g/mol. The van der Waals surface area contributed by atoms with Crippen LogP contribution in [0.25, 0.3) is 0 Å². The van der Waals surface area contributed by atoms with Gasteiger partial charge in [-0.05, 0) is 24.6 Å². The van der Waals surface area contributed by atoms with E-state index in [4.69, 9.17) is 4.74 Å². The molecule has 0 heterocycles. The molecule has 1 aromatic carbocycles. The van der Waals surface area contributed by atoms with Crippen molar-refractivity contribution in [1.82, 2.24) is 0 Å². The highest BCUT2D eigenvalue weighted by atomic mass is 19.4. The predicted octanol–water partition coefficient (Wildman–Crippen LogP) is 2.84. The lowest BCUT2D eigenvalue weighted by Gasteiger charge is -2.11. The van der Waals surface area contributed by atoms with Gasteiger partial charge in [0.05, 0.1) is 12.7 Å². The van der Waals surface area contributed by atoms with Gasteiger partial charge in [0.1, 0.15) is 13.2 Å². The van der Waals surface area contributed by atoms with Crippen molar-refractivity contribution in [2.45, 2.75) is 19.2 Å². The van der Waals surface area contributed by atoms with Gasteiger partial charge in [-0.2, -0.15) is 13.2 Å². The highest BCUT2D eigenvalue weighted by Gasteiger charge is 2.27. The van der Waals surface area contributed by atoms with Crippen LogP contribution in [0.15, 0.2) is 18.2 Å². The zero-order valence-corrected chi connectivity index (χ0v) is 10.2. The number of halogens is 4. The third-order valence-corrected chi connectivity index (χ3v) is 2.19. The summed E-state index contributed by atoms with van der Waals surface area (Å²) in [5, 5.41) is 9.23. The number of aliphatic hydroxyl groups is 1. The average Bonchev–Trinajstić information content (AvgIpc) is 2.28. The second kappa shape index (κ2) is 6.72. The van der Waals surface area contributed by atoms with E-state index in [1.165, 1.54) is 19.1 Å². The van der Waals surface area contributed by atoms with Crippen LogP contribution in [0.2, 0.25) is 0 Å². The summed E-state index contributed by atoms with van der Waals surface area (Å²) in [6.45, 7) is -0.363. The molecule has 108 valence electrons. The van der Waals surface area contributed by atoms with Crippen molar-refractivity contribution in [1.29, 1.82) is 0 Å². The van der Waals surface area contributed by atoms with Crippen LogP contribution in [0.3, 0.4) is 0 Å². The summed E-state index contributed by atoms with van der Waals surface area (Å²) in [5.74, 6) is -0.783. The molecule has 0 aliphatic carbocycles. The minimum absolute atomic E-state index is 0.0972. The molecule has 1 aromatic rings. The number of aliphatic hydroxyl groups excluding tert-OH is 1. The SMILES string of the molecule is C[C@H](O)c1ccc(OCCOCC(F)(F)F)c(F)c1. The maximum Gasteiger partial charge on any atom is 0.411 e. The maximum absolute atomic E-state index is 13.5. The zero-order chi connectivity index (χ0) is 14.5. The third-order valence-electron chi connectivity index (χ3n) is 2.19. The predicted molar refractivity (Wildman–Crippen MR) is 59.4 cm³/mol. The largest absolute Gasteiger partial charge is 0.488 e. The van der Waals surface area contributed by atoms with Crippen LogP contribution >= 0.6 is 0 Å². The summed E-state index contributed by atoms with van der Waals surface area (Å²) in [7, 11) is 0. The van der Waals surface area contributed by atoms with Gasteiger partial charge in [0.15, 0.2) is 11.6 Å².